The molecule has 0 saturated heterocycles. The van der Waals surface area contributed by atoms with Crippen LogP contribution in [-0.4, -0.2) is 22.5 Å². The summed E-state index contributed by atoms with van der Waals surface area (Å²) in [6.45, 7) is 6.11. The van der Waals surface area contributed by atoms with Gasteiger partial charge < -0.3 is 9.30 Å². The van der Waals surface area contributed by atoms with E-state index in [9.17, 15) is 14.9 Å². The second-order valence-corrected chi connectivity index (χ2v) is 7.19. The zero-order valence-electron chi connectivity index (χ0n) is 15.5. The van der Waals surface area contributed by atoms with Crippen molar-refractivity contribution in [3.8, 4) is 5.75 Å². The van der Waals surface area contributed by atoms with E-state index < -0.39 is 4.92 Å². The van der Waals surface area contributed by atoms with Crippen molar-refractivity contribution in [1.82, 2.24) is 4.57 Å². The van der Waals surface area contributed by atoms with Gasteiger partial charge in [0.2, 0.25) is 0 Å². The Kier molecular flexibility index (Phi) is 5.70. The van der Waals surface area contributed by atoms with Crippen molar-refractivity contribution in [1.29, 1.82) is 0 Å². The van der Waals surface area contributed by atoms with E-state index in [1.54, 1.807) is 19.3 Å². The molecule has 0 spiro atoms. The van der Waals surface area contributed by atoms with Crippen LogP contribution in [0.15, 0.2) is 54.0 Å². The van der Waals surface area contributed by atoms with Crippen molar-refractivity contribution in [2.75, 3.05) is 7.11 Å². The molecule has 2 aromatic carbocycles. The molecule has 0 aliphatic carbocycles. The molecule has 1 heterocycles. The highest BCUT2D eigenvalue weighted by Crippen LogP contribution is 2.23. The quantitative estimate of drug-likeness (QED) is 0.360. The molecule has 0 bridgehead atoms. The van der Waals surface area contributed by atoms with Gasteiger partial charge in [0.25, 0.3) is 11.6 Å². The minimum Gasteiger partial charge on any atom is -0.496 e. The van der Waals surface area contributed by atoms with Crippen LogP contribution in [0.25, 0.3) is 10.2 Å². The molecular formula is C20H19N3O4S. The van der Waals surface area contributed by atoms with Gasteiger partial charge in [-0.1, -0.05) is 29.5 Å². The lowest BCUT2D eigenvalue weighted by molar-refractivity contribution is -0.384. The van der Waals surface area contributed by atoms with Gasteiger partial charge in [-0.15, -0.1) is 6.58 Å². The van der Waals surface area contributed by atoms with E-state index in [2.05, 4.69) is 11.6 Å². The van der Waals surface area contributed by atoms with Gasteiger partial charge in [0, 0.05) is 18.7 Å². The minimum atomic E-state index is -0.440. The summed E-state index contributed by atoms with van der Waals surface area (Å²) in [5.41, 5.74) is 2.58. The second kappa shape index (κ2) is 8.18. The summed E-state index contributed by atoms with van der Waals surface area (Å²) in [5, 5.41) is 11.0. The van der Waals surface area contributed by atoms with E-state index in [0.29, 0.717) is 16.0 Å². The number of amides is 1. The minimum absolute atomic E-state index is 0.00564. The lowest BCUT2D eigenvalue weighted by Crippen LogP contribution is -2.17. The van der Waals surface area contributed by atoms with Crippen molar-refractivity contribution in [3.63, 3.8) is 0 Å². The molecular weight excluding hydrogens is 378 g/mol. The Balaban J connectivity index is 1.98. The zero-order chi connectivity index (χ0) is 20.3. The molecule has 0 aliphatic heterocycles. The van der Waals surface area contributed by atoms with Crippen molar-refractivity contribution < 1.29 is 14.5 Å². The normalized spacial score (nSPS) is 11.6. The molecule has 8 heteroatoms. The predicted molar refractivity (Wildman–Crippen MR) is 109 cm³/mol. The van der Waals surface area contributed by atoms with Crippen LogP contribution in [0.3, 0.4) is 0 Å². The van der Waals surface area contributed by atoms with Crippen LogP contribution in [0.5, 0.6) is 5.75 Å². The number of thiazole rings is 1. The lowest BCUT2D eigenvalue weighted by Gasteiger charge is -2.06. The Morgan fingerprint density at radius 2 is 2.14 bits per heavy atom. The maximum absolute atomic E-state index is 12.5. The first kappa shape index (κ1) is 19.5. The summed E-state index contributed by atoms with van der Waals surface area (Å²) in [5.74, 6) is 0.478. The fourth-order valence-electron chi connectivity index (χ4n) is 2.94. The SMILES string of the molecule is C=CCn1c(=NC(=O)Cc2ccc(OC)c(C)c2)sc2cc([N+](=O)[O-])ccc21. The van der Waals surface area contributed by atoms with Crippen LogP contribution in [0.4, 0.5) is 5.69 Å². The molecule has 0 unspecified atom stereocenters. The average Bonchev–Trinajstić information content (AvgIpc) is 2.98. The summed E-state index contributed by atoms with van der Waals surface area (Å²) < 4.78 is 7.76. The molecule has 1 aromatic heterocycles. The number of allylic oxidation sites excluding steroid dienone is 1. The number of nitro groups is 1. The summed E-state index contributed by atoms with van der Waals surface area (Å²) >= 11 is 1.25. The number of nitro benzene ring substituents is 1. The number of hydrogen-bond acceptors (Lipinski definition) is 5. The second-order valence-electron chi connectivity index (χ2n) is 6.18. The third-order valence-electron chi connectivity index (χ3n) is 4.22. The number of ether oxygens (including phenoxy) is 1. The Hall–Kier alpha value is -3.26. The Labute approximate surface area is 165 Å². The molecule has 1 amide bonds. The van der Waals surface area contributed by atoms with E-state index in [-0.39, 0.29) is 18.0 Å². The maximum atomic E-state index is 12.5. The van der Waals surface area contributed by atoms with Gasteiger partial charge in [0.1, 0.15) is 5.75 Å². The number of methoxy groups -OCH3 is 1. The van der Waals surface area contributed by atoms with Crippen LogP contribution in [0.1, 0.15) is 11.1 Å². The summed E-state index contributed by atoms with van der Waals surface area (Å²) in [4.78, 5) is 27.8. The van der Waals surface area contributed by atoms with Gasteiger partial charge in [-0.25, -0.2) is 0 Å². The number of nitrogens with zero attached hydrogens (tertiary/aromatic N) is 3. The van der Waals surface area contributed by atoms with Crippen LogP contribution in [0, 0.1) is 17.0 Å². The number of rotatable bonds is 6. The lowest BCUT2D eigenvalue weighted by atomic mass is 10.1. The number of non-ortho nitro benzene ring substituents is 1. The summed E-state index contributed by atoms with van der Waals surface area (Å²) in [7, 11) is 1.60. The number of fused-ring (bicyclic) bond motifs is 1. The van der Waals surface area contributed by atoms with Gasteiger partial charge in [-0.05, 0) is 30.2 Å². The number of carbonyl (C=O) groups is 1. The first-order valence-electron chi connectivity index (χ1n) is 8.52. The van der Waals surface area contributed by atoms with Gasteiger partial charge in [-0.3, -0.25) is 14.9 Å². The topological polar surface area (TPSA) is 86.7 Å². The highest BCUT2D eigenvalue weighted by atomic mass is 32.1. The molecule has 28 heavy (non-hydrogen) atoms. The largest absolute Gasteiger partial charge is 0.496 e. The molecule has 0 radical (unpaired) electrons. The van der Waals surface area contributed by atoms with E-state index in [1.165, 1.54) is 23.5 Å². The fraction of sp³-hybridized carbons (Fsp3) is 0.200. The van der Waals surface area contributed by atoms with E-state index >= 15 is 0 Å². The first-order valence-corrected chi connectivity index (χ1v) is 9.34. The third-order valence-corrected chi connectivity index (χ3v) is 5.26. The molecule has 3 rings (SSSR count). The van der Waals surface area contributed by atoms with E-state index in [0.717, 1.165) is 22.4 Å². The number of aryl methyl sites for hydroxylation is 1. The Morgan fingerprint density at radius 3 is 2.79 bits per heavy atom. The van der Waals surface area contributed by atoms with Gasteiger partial charge >= 0.3 is 0 Å². The predicted octanol–water partition coefficient (Wildman–Crippen LogP) is 3.78. The van der Waals surface area contributed by atoms with Crippen LogP contribution in [-0.2, 0) is 17.8 Å². The van der Waals surface area contributed by atoms with Gasteiger partial charge in [0.15, 0.2) is 4.80 Å². The molecule has 7 nitrogen and oxygen atoms in total. The van der Waals surface area contributed by atoms with Crippen LogP contribution >= 0.6 is 11.3 Å². The molecule has 0 N–H and O–H groups in total. The third kappa shape index (κ3) is 4.01. The maximum Gasteiger partial charge on any atom is 0.270 e. The first-order chi connectivity index (χ1) is 13.4. The monoisotopic (exact) mass is 397 g/mol. The highest BCUT2D eigenvalue weighted by molar-refractivity contribution is 7.16. The van der Waals surface area contributed by atoms with E-state index in [4.69, 9.17) is 4.74 Å². The van der Waals surface area contributed by atoms with Crippen molar-refractivity contribution in [3.05, 3.63) is 75.1 Å². The van der Waals surface area contributed by atoms with Crippen molar-refractivity contribution in [2.45, 2.75) is 19.9 Å². The number of aromatic nitrogens is 1. The Morgan fingerprint density at radius 1 is 1.36 bits per heavy atom. The van der Waals surface area contributed by atoms with E-state index in [1.807, 2.05) is 29.7 Å². The number of carbonyl (C=O) groups excluding carboxylic acids is 1. The fourth-order valence-corrected chi connectivity index (χ4v) is 4.03. The smallest absolute Gasteiger partial charge is 0.270 e. The van der Waals surface area contributed by atoms with Crippen molar-refractivity contribution in [2.24, 2.45) is 4.99 Å². The number of hydrogen-bond donors (Lipinski definition) is 0. The molecule has 3 aromatic rings. The molecule has 0 saturated carbocycles. The zero-order valence-corrected chi connectivity index (χ0v) is 16.4. The molecule has 0 atom stereocenters. The number of benzene rings is 2. The van der Waals surface area contributed by atoms with Gasteiger partial charge in [-0.2, -0.15) is 4.99 Å². The highest BCUT2D eigenvalue weighted by Gasteiger charge is 2.12. The van der Waals surface area contributed by atoms with Crippen molar-refractivity contribution >= 4 is 33.1 Å². The summed E-state index contributed by atoms with van der Waals surface area (Å²) in [6.07, 6.45) is 1.86. The standard InChI is InChI=1S/C20H19N3O4S/c1-4-9-22-16-7-6-15(23(25)26)12-18(16)28-20(22)21-19(24)11-14-5-8-17(27-3)13(2)10-14/h4-8,10,12H,1,9,11H2,2-3H3. The molecule has 0 aliphatic rings. The van der Waals surface area contributed by atoms with Gasteiger partial charge in [0.05, 0.1) is 28.7 Å². The summed E-state index contributed by atoms with van der Waals surface area (Å²) in [6, 6.07) is 10.2. The van der Waals surface area contributed by atoms with Crippen LogP contribution in [0.2, 0.25) is 0 Å². The Bertz CT molecular complexity index is 1140. The molecule has 0 fully saturated rings. The van der Waals surface area contributed by atoms with Crippen LogP contribution < -0.4 is 9.54 Å². The average molecular weight is 397 g/mol. The molecule has 144 valence electrons.